The van der Waals surface area contributed by atoms with E-state index in [2.05, 4.69) is 20.3 Å². The van der Waals surface area contributed by atoms with Gasteiger partial charge in [0.25, 0.3) is 0 Å². The van der Waals surface area contributed by atoms with Crippen LogP contribution in [0.5, 0.6) is 6.01 Å². The molecule has 0 aliphatic heterocycles. The number of ether oxygens (including phenoxy) is 1. The number of nitrogen functional groups attached to an aromatic ring is 1. The maximum Gasteiger partial charge on any atom is 0.323 e. The molecule has 0 radical (unpaired) electrons. The minimum absolute atomic E-state index is 0.123. The first kappa shape index (κ1) is 12.2. The Hall–Kier alpha value is -2.31. The molecule has 7 nitrogen and oxygen atoms in total. The summed E-state index contributed by atoms with van der Waals surface area (Å²) in [5, 5.41) is 2.99. The number of furan rings is 1. The summed E-state index contributed by atoms with van der Waals surface area (Å²) >= 11 is 0. The van der Waals surface area contributed by atoms with E-state index in [9.17, 15) is 0 Å². The molecule has 0 atom stereocenters. The SMILES string of the molecule is CCCOc1nc(N)nc(NCc2ccco2)n1. The van der Waals surface area contributed by atoms with Gasteiger partial charge in [-0.1, -0.05) is 6.92 Å². The first-order valence-corrected chi connectivity index (χ1v) is 5.68. The smallest absolute Gasteiger partial charge is 0.323 e. The molecule has 2 aromatic heterocycles. The Morgan fingerprint density at radius 3 is 3.00 bits per heavy atom. The number of anilines is 2. The van der Waals surface area contributed by atoms with Crippen LogP contribution in [0.15, 0.2) is 22.8 Å². The minimum Gasteiger partial charge on any atom is -0.467 e. The number of hydrogen-bond acceptors (Lipinski definition) is 7. The number of rotatable bonds is 6. The van der Waals surface area contributed by atoms with Gasteiger partial charge in [-0.25, -0.2) is 0 Å². The third-order valence-electron chi connectivity index (χ3n) is 2.07. The van der Waals surface area contributed by atoms with Crippen molar-refractivity contribution in [2.24, 2.45) is 0 Å². The Kier molecular flexibility index (Phi) is 3.95. The van der Waals surface area contributed by atoms with Gasteiger partial charge in [0, 0.05) is 0 Å². The number of nitrogens with zero attached hydrogens (tertiary/aromatic N) is 3. The lowest BCUT2D eigenvalue weighted by Crippen LogP contribution is -2.09. The fourth-order valence-electron chi connectivity index (χ4n) is 1.29. The summed E-state index contributed by atoms with van der Waals surface area (Å²) in [6.45, 7) is 3.02. The number of aromatic nitrogens is 3. The van der Waals surface area contributed by atoms with Crippen molar-refractivity contribution < 1.29 is 9.15 Å². The quantitative estimate of drug-likeness (QED) is 0.799. The van der Waals surface area contributed by atoms with Crippen LogP contribution < -0.4 is 15.8 Å². The predicted octanol–water partition coefficient (Wildman–Crippen LogP) is 1.45. The van der Waals surface area contributed by atoms with Gasteiger partial charge >= 0.3 is 6.01 Å². The summed E-state index contributed by atoms with van der Waals surface area (Å²) in [6, 6.07) is 3.90. The highest BCUT2D eigenvalue weighted by Crippen LogP contribution is 2.10. The van der Waals surface area contributed by atoms with E-state index in [1.807, 2.05) is 19.1 Å². The van der Waals surface area contributed by atoms with Crippen LogP contribution in [0.3, 0.4) is 0 Å². The molecule has 0 aliphatic carbocycles. The number of nitrogens with one attached hydrogen (secondary N) is 1. The molecule has 2 heterocycles. The van der Waals surface area contributed by atoms with Crippen LogP contribution in [-0.4, -0.2) is 21.6 Å². The van der Waals surface area contributed by atoms with Crippen LogP contribution in [0.1, 0.15) is 19.1 Å². The van der Waals surface area contributed by atoms with Gasteiger partial charge in [-0.05, 0) is 18.6 Å². The van der Waals surface area contributed by atoms with Crippen LogP contribution in [0.4, 0.5) is 11.9 Å². The molecule has 2 rings (SSSR count). The molecular weight excluding hydrogens is 234 g/mol. The minimum atomic E-state index is 0.123. The molecule has 0 bridgehead atoms. The van der Waals surface area contributed by atoms with Gasteiger partial charge in [0.1, 0.15) is 5.76 Å². The first-order valence-electron chi connectivity index (χ1n) is 5.68. The van der Waals surface area contributed by atoms with Crippen molar-refractivity contribution >= 4 is 11.9 Å². The number of hydrogen-bond donors (Lipinski definition) is 2. The molecule has 7 heteroatoms. The third kappa shape index (κ3) is 3.34. The van der Waals surface area contributed by atoms with E-state index >= 15 is 0 Å². The Morgan fingerprint density at radius 2 is 2.28 bits per heavy atom. The second-order valence-corrected chi connectivity index (χ2v) is 3.58. The van der Waals surface area contributed by atoms with Crippen molar-refractivity contribution in [3.05, 3.63) is 24.2 Å². The molecule has 2 aromatic rings. The Bertz CT molecular complexity index is 486. The molecule has 0 aliphatic rings. The average Bonchev–Trinajstić information content (AvgIpc) is 2.86. The summed E-state index contributed by atoms with van der Waals surface area (Å²) in [4.78, 5) is 11.9. The highest BCUT2D eigenvalue weighted by Gasteiger charge is 2.05. The zero-order valence-electron chi connectivity index (χ0n) is 10.1. The van der Waals surface area contributed by atoms with E-state index in [0.29, 0.717) is 19.1 Å². The van der Waals surface area contributed by atoms with Crippen molar-refractivity contribution in [3.63, 3.8) is 0 Å². The highest BCUT2D eigenvalue weighted by molar-refractivity contribution is 5.32. The molecule has 0 spiro atoms. The lowest BCUT2D eigenvalue weighted by atomic mass is 10.4. The average molecular weight is 249 g/mol. The van der Waals surface area contributed by atoms with Gasteiger partial charge < -0.3 is 20.2 Å². The zero-order valence-corrected chi connectivity index (χ0v) is 10.1. The fourth-order valence-corrected chi connectivity index (χ4v) is 1.29. The summed E-state index contributed by atoms with van der Waals surface area (Å²) in [5.74, 6) is 1.27. The van der Waals surface area contributed by atoms with Crippen molar-refractivity contribution in [1.82, 2.24) is 15.0 Å². The van der Waals surface area contributed by atoms with E-state index < -0.39 is 0 Å². The molecule has 0 fully saturated rings. The van der Waals surface area contributed by atoms with Crippen LogP contribution in [0, 0.1) is 0 Å². The predicted molar refractivity (Wildman–Crippen MR) is 66.1 cm³/mol. The van der Waals surface area contributed by atoms with E-state index in [1.54, 1.807) is 6.26 Å². The molecule has 0 saturated carbocycles. The van der Waals surface area contributed by atoms with Gasteiger partial charge in [0.05, 0.1) is 19.4 Å². The van der Waals surface area contributed by atoms with Gasteiger partial charge in [0.15, 0.2) is 0 Å². The van der Waals surface area contributed by atoms with Crippen molar-refractivity contribution in [2.45, 2.75) is 19.9 Å². The highest BCUT2D eigenvalue weighted by atomic mass is 16.5. The summed E-state index contributed by atoms with van der Waals surface area (Å²) < 4.78 is 10.5. The lowest BCUT2D eigenvalue weighted by Gasteiger charge is -2.06. The van der Waals surface area contributed by atoms with Crippen LogP contribution in [-0.2, 0) is 6.54 Å². The van der Waals surface area contributed by atoms with Gasteiger partial charge in [0.2, 0.25) is 11.9 Å². The zero-order chi connectivity index (χ0) is 12.8. The van der Waals surface area contributed by atoms with Gasteiger partial charge in [-0.15, -0.1) is 0 Å². The fraction of sp³-hybridized carbons (Fsp3) is 0.364. The molecule has 0 unspecified atom stereocenters. The second-order valence-electron chi connectivity index (χ2n) is 3.58. The summed E-state index contributed by atoms with van der Waals surface area (Å²) in [6.07, 6.45) is 2.48. The van der Waals surface area contributed by atoms with Crippen molar-refractivity contribution in [1.29, 1.82) is 0 Å². The standard InChI is InChI=1S/C11H15N5O2/c1-2-5-18-11-15-9(12)14-10(16-11)13-7-8-4-3-6-17-8/h3-4,6H,2,5,7H2,1H3,(H3,12,13,14,15,16). The van der Waals surface area contributed by atoms with Crippen LogP contribution in [0.25, 0.3) is 0 Å². The van der Waals surface area contributed by atoms with E-state index in [1.165, 1.54) is 0 Å². The van der Waals surface area contributed by atoms with Crippen LogP contribution >= 0.6 is 0 Å². The normalized spacial score (nSPS) is 10.3. The van der Waals surface area contributed by atoms with E-state index in [-0.39, 0.29) is 12.0 Å². The van der Waals surface area contributed by atoms with E-state index in [0.717, 1.165) is 12.2 Å². The Balaban J connectivity index is 2.00. The molecule has 96 valence electrons. The molecule has 3 N–H and O–H groups in total. The summed E-state index contributed by atoms with van der Waals surface area (Å²) in [7, 11) is 0. The Labute approximate surface area is 104 Å². The molecule has 0 amide bonds. The molecule has 0 aromatic carbocycles. The van der Waals surface area contributed by atoms with Gasteiger partial charge in [-0.2, -0.15) is 15.0 Å². The monoisotopic (exact) mass is 249 g/mol. The van der Waals surface area contributed by atoms with Crippen molar-refractivity contribution in [3.8, 4) is 6.01 Å². The Morgan fingerprint density at radius 1 is 1.39 bits per heavy atom. The molecule has 0 saturated heterocycles. The lowest BCUT2D eigenvalue weighted by molar-refractivity contribution is 0.292. The summed E-state index contributed by atoms with van der Waals surface area (Å²) in [5.41, 5.74) is 5.57. The molecular formula is C11H15N5O2. The van der Waals surface area contributed by atoms with E-state index in [4.69, 9.17) is 14.9 Å². The second kappa shape index (κ2) is 5.85. The largest absolute Gasteiger partial charge is 0.467 e. The maximum atomic E-state index is 5.57. The maximum absolute atomic E-state index is 5.57. The topological polar surface area (TPSA) is 99.1 Å². The van der Waals surface area contributed by atoms with Crippen LogP contribution in [0.2, 0.25) is 0 Å². The van der Waals surface area contributed by atoms with Crippen molar-refractivity contribution in [2.75, 3.05) is 17.7 Å². The molecule has 18 heavy (non-hydrogen) atoms. The van der Waals surface area contributed by atoms with Gasteiger partial charge in [-0.3, -0.25) is 0 Å². The first-order chi connectivity index (χ1) is 8.78. The third-order valence-corrected chi connectivity index (χ3v) is 2.07. The number of nitrogens with two attached hydrogens (primary N) is 1.